The fourth-order valence-electron chi connectivity index (χ4n) is 2.66. The zero-order valence-electron chi connectivity index (χ0n) is 14.2. The number of rotatable bonds is 5. The van der Waals surface area contributed by atoms with Crippen molar-refractivity contribution >= 4 is 23.4 Å². The molecule has 3 rings (SSSR count). The second kappa shape index (κ2) is 6.84. The van der Waals surface area contributed by atoms with Crippen LogP contribution in [0.15, 0.2) is 42.7 Å². The number of imide groups is 1. The molecule has 1 aliphatic heterocycles. The van der Waals surface area contributed by atoms with Crippen molar-refractivity contribution in [3.05, 3.63) is 59.4 Å². The van der Waals surface area contributed by atoms with Gasteiger partial charge in [0.25, 0.3) is 17.7 Å². The molecule has 0 bridgehead atoms. The highest BCUT2D eigenvalue weighted by molar-refractivity contribution is 6.22. The Labute approximate surface area is 145 Å². The zero-order valence-corrected chi connectivity index (χ0v) is 14.2. The van der Waals surface area contributed by atoms with E-state index in [9.17, 15) is 14.4 Å². The van der Waals surface area contributed by atoms with Crippen LogP contribution in [0.4, 0.5) is 5.69 Å². The van der Waals surface area contributed by atoms with Gasteiger partial charge in [-0.25, -0.2) is 0 Å². The van der Waals surface area contributed by atoms with Crippen LogP contribution in [-0.4, -0.2) is 34.2 Å². The predicted octanol–water partition coefficient (Wildman–Crippen LogP) is 2.98. The molecule has 2 aromatic rings. The lowest BCUT2D eigenvalue weighted by Gasteiger charge is -2.14. The molecule has 6 heteroatoms. The highest BCUT2D eigenvalue weighted by Gasteiger charge is 2.35. The van der Waals surface area contributed by atoms with Crippen LogP contribution in [0.2, 0.25) is 0 Å². The van der Waals surface area contributed by atoms with E-state index in [1.807, 2.05) is 13.8 Å². The third kappa shape index (κ3) is 3.42. The Balaban J connectivity index is 1.81. The molecule has 2 heterocycles. The first-order valence-electron chi connectivity index (χ1n) is 8.19. The number of hydrogen-bond donors (Lipinski definition) is 1. The maximum Gasteiger partial charge on any atom is 0.261 e. The van der Waals surface area contributed by atoms with Gasteiger partial charge in [-0.15, -0.1) is 0 Å². The summed E-state index contributed by atoms with van der Waals surface area (Å²) in [5, 5.41) is 2.72. The van der Waals surface area contributed by atoms with Crippen LogP contribution in [0.5, 0.6) is 0 Å². The first-order valence-corrected chi connectivity index (χ1v) is 8.19. The molecule has 0 atom stereocenters. The van der Waals surface area contributed by atoms with Crippen LogP contribution in [0.3, 0.4) is 0 Å². The van der Waals surface area contributed by atoms with Crippen molar-refractivity contribution in [2.75, 3.05) is 11.9 Å². The first kappa shape index (κ1) is 16.8. The van der Waals surface area contributed by atoms with Gasteiger partial charge >= 0.3 is 0 Å². The van der Waals surface area contributed by atoms with Crippen molar-refractivity contribution in [1.82, 2.24) is 9.88 Å². The van der Waals surface area contributed by atoms with Crippen LogP contribution < -0.4 is 5.32 Å². The van der Waals surface area contributed by atoms with Crippen LogP contribution in [0.25, 0.3) is 0 Å². The van der Waals surface area contributed by atoms with E-state index in [0.29, 0.717) is 29.3 Å². The van der Waals surface area contributed by atoms with E-state index < -0.39 is 0 Å². The Morgan fingerprint density at radius 2 is 1.92 bits per heavy atom. The second-order valence-corrected chi connectivity index (χ2v) is 6.40. The van der Waals surface area contributed by atoms with Gasteiger partial charge < -0.3 is 5.32 Å². The quantitative estimate of drug-likeness (QED) is 0.851. The summed E-state index contributed by atoms with van der Waals surface area (Å²) in [6.07, 6.45) is 3.90. The highest BCUT2D eigenvalue weighted by Crippen LogP contribution is 2.25. The van der Waals surface area contributed by atoms with Gasteiger partial charge in [0.05, 0.1) is 23.0 Å². The molecule has 1 aliphatic rings. The lowest BCUT2D eigenvalue weighted by molar-refractivity contribution is 0.0647. The third-order valence-electron chi connectivity index (χ3n) is 4.08. The Bertz CT molecular complexity index is 831. The molecule has 0 unspecified atom stereocenters. The summed E-state index contributed by atoms with van der Waals surface area (Å²) in [4.78, 5) is 42.4. The van der Waals surface area contributed by atoms with Gasteiger partial charge in [0.15, 0.2) is 0 Å². The van der Waals surface area contributed by atoms with Gasteiger partial charge in [0.1, 0.15) is 0 Å². The van der Waals surface area contributed by atoms with Crippen molar-refractivity contribution in [1.29, 1.82) is 0 Å². The Morgan fingerprint density at radius 3 is 2.60 bits per heavy atom. The average molecular weight is 337 g/mol. The summed E-state index contributed by atoms with van der Waals surface area (Å²) in [7, 11) is 0. The average Bonchev–Trinajstić information content (AvgIpc) is 2.84. The number of fused-ring (bicyclic) bond motifs is 1. The third-order valence-corrected chi connectivity index (χ3v) is 4.08. The molecule has 1 aromatic carbocycles. The molecule has 0 spiro atoms. The van der Waals surface area contributed by atoms with Crippen molar-refractivity contribution in [2.45, 2.75) is 20.3 Å². The minimum absolute atomic E-state index is 0.285. The normalized spacial score (nSPS) is 13.3. The summed E-state index contributed by atoms with van der Waals surface area (Å²) in [5.41, 5.74) is 1.53. The van der Waals surface area contributed by atoms with Gasteiger partial charge in [0, 0.05) is 18.3 Å². The smallest absolute Gasteiger partial charge is 0.261 e. The molecule has 1 aromatic heterocycles. The van der Waals surface area contributed by atoms with Crippen molar-refractivity contribution in [2.24, 2.45) is 5.92 Å². The molecule has 128 valence electrons. The number of amides is 3. The number of carbonyl (C=O) groups excluding carboxylic acids is 3. The molecule has 3 amide bonds. The number of nitrogens with zero attached hydrogens (tertiary/aromatic N) is 2. The fourth-order valence-corrected chi connectivity index (χ4v) is 2.66. The Kier molecular flexibility index (Phi) is 4.61. The van der Waals surface area contributed by atoms with Crippen LogP contribution in [0, 0.1) is 5.92 Å². The molecule has 25 heavy (non-hydrogen) atoms. The number of anilines is 1. The highest BCUT2D eigenvalue weighted by atomic mass is 16.2. The minimum Gasteiger partial charge on any atom is -0.321 e. The minimum atomic E-state index is -0.350. The number of pyridine rings is 1. The van der Waals surface area contributed by atoms with Crippen molar-refractivity contribution < 1.29 is 14.4 Å². The lowest BCUT2D eigenvalue weighted by atomic mass is 10.1. The lowest BCUT2D eigenvalue weighted by Crippen LogP contribution is -2.31. The van der Waals surface area contributed by atoms with E-state index in [1.165, 1.54) is 17.2 Å². The van der Waals surface area contributed by atoms with E-state index in [4.69, 9.17) is 0 Å². The molecule has 1 N–H and O–H groups in total. The zero-order chi connectivity index (χ0) is 18.0. The maximum absolute atomic E-state index is 12.5. The molecular formula is C19H19N3O3. The molecule has 0 fully saturated rings. The SMILES string of the molecule is CC(C)CCN1C(=O)c2ccc(C(=O)Nc3cccnc3)cc2C1=O. The molecule has 0 radical (unpaired) electrons. The molecule has 0 saturated carbocycles. The Hall–Kier alpha value is -3.02. The summed E-state index contributed by atoms with van der Waals surface area (Å²) in [6.45, 7) is 4.47. The molecule has 0 saturated heterocycles. The molecule has 0 aliphatic carbocycles. The van der Waals surface area contributed by atoms with Gasteiger partial charge in [0.2, 0.25) is 0 Å². The summed E-state index contributed by atoms with van der Waals surface area (Å²) >= 11 is 0. The first-order chi connectivity index (χ1) is 12.0. The molecule has 6 nitrogen and oxygen atoms in total. The number of hydrogen-bond acceptors (Lipinski definition) is 4. The largest absolute Gasteiger partial charge is 0.321 e. The predicted molar refractivity (Wildman–Crippen MR) is 93.5 cm³/mol. The number of benzene rings is 1. The van der Waals surface area contributed by atoms with E-state index in [0.717, 1.165) is 6.42 Å². The van der Waals surface area contributed by atoms with E-state index >= 15 is 0 Å². The fraction of sp³-hybridized carbons (Fsp3) is 0.263. The van der Waals surface area contributed by atoms with Gasteiger partial charge in [-0.1, -0.05) is 13.8 Å². The van der Waals surface area contributed by atoms with Gasteiger partial charge in [-0.05, 0) is 42.7 Å². The summed E-state index contributed by atoms with van der Waals surface area (Å²) in [5.74, 6) is -0.585. The Morgan fingerprint density at radius 1 is 1.16 bits per heavy atom. The maximum atomic E-state index is 12.5. The van der Waals surface area contributed by atoms with Crippen LogP contribution in [-0.2, 0) is 0 Å². The summed E-state index contributed by atoms with van der Waals surface area (Å²) in [6, 6.07) is 8.02. The van der Waals surface area contributed by atoms with Gasteiger partial charge in [-0.2, -0.15) is 0 Å². The monoisotopic (exact) mass is 337 g/mol. The van der Waals surface area contributed by atoms with E-state index in [-0.39, 0.29) is 23.3 Å². The molecular weight excluding hydrogens is 318 g/mol. The summed E-state index contributed by atoms with van der Waals surface area (Å²) < 4.78 is 0. The topological polar surface area (TPSA) is 79.4 Å². The van der Waals surface area contributed by atoms with Crippen LogP contribution in [0.1, 0.15) is 51.3 Å². The number of aromatic nitrogens is 1. The second-order valence-electron chi connectivity index (χ2n) is 6.40. The number of carbonyl (C=O) groups is 3. The van der Waals surface area contributed by atoms with Crippen LogP contribution >= 0.6 is 0 Å². The van der Waals surface area contributed by atoms with E-state index in [1.54, 1.807) is 30.5 Å². The van der Waals surface area contributed by atoms with Crippen molar-refractivity contribution in [3.8, 4) is 0 Å². The van der Waals surface area contributed by atoms with Gasteiger partial charge in [-0.3, -0.25) is 24.3 Å². The number of nitrogens with one attached hydrogen (secondary N) is 1. The van der Waals surface area contributed by atoms with E-state index in [2.05, 4.69) is 10.3 Å². The standard InChI is InChI=1S/C19H19N3O3/c1-12(2)7-9-22-18(24)15-6-5-13(10-16(15)19(22)25)17(23)21-14-4-3-8-20-11-14/h3-6,8,10-12H,7,9H2,1-2H3,(H,21,23). The van der Waals surface area contributed by atoms with Crippen molar-refractivity contribution in [3.63, 3.8) is 0 Å².